The number of benzene rings is 1. The molecule has 0 radical (unpaired) electrons. The lowest BCUT2D eigenvalue weighted by Gasteiger charge is -1.98. The van der Waals surface area contributed by atoms with Gasteiger partial charge in [-0.05, 0) is 19.1 Å². The lowest BCUT2D eigenvalue weighted by molar-refractivity contribution is -0.123. The van der Waals surface area contributed by atoms with E-state index in [1.807, 2.05) is 5.92 Å². The molecule has 1 rings (SSSR count). The molecule has 1 nitrogen and oxygen atoms in total. The summed E-state index contributed by atoms with van der Waals surface area (Å²) in [5, 5.41) is 0. The molecule has 0 aliphatic rings. The Morgan fingerprint density at radius 1 is 1.25 bits per heavy atom. The predicted octanol–water partition coefficient (Wildman–Crippen LogP) is 3.19. The van der Waals surface area contributed by atoms with Gasteiger partial charge in [-0.1, -0.05) is 24.0 Å². The number of carbonyl (C=O) groups is 1. The molecule has 0 atom stereocenters. The molecule has 0 N–H and O–H groups in total. The van der Waals surface area contributed by atoms with Crippen LogP contribution < -0.4 is 0 Å². The zero-order valence-electron chi connectivity index (χ0n) is 8.56. The van der Waals surface area contributed by atoms with Crippen molar-refractivity contribution < 1.29 is 18.0 Å². The minimum Gasteiger partial charge on any atom is -0.295 e. The lowest BCUT2D eigenvalue weighted by Crippen LogP contribution is -2.04. The predicted molar refractivity (Wildman–Crippen MR) is 54.0 cm³/mol. The molecular weight excluding hydrogens is 217 g/mol. The Bertz CT molecular complexity index is 432. The number of alkyl halides is 3. The minimum atomic E-state index is -4.26. The Balaban J connectivity index is 2.72. The van der Waals surface area contributed by atoms with Crippen molar-refractivity contribution in [2.24, 2.45) is 0 Å². The topological polar surface area (TPSA) is 17.1 Å². The molecule has 0 saturated heterocycles. The van der Waals surface area contributed by atoms with Crippen LogP contribution in [-0.4, -0.2) is 12.0 Å². The number of ketones is 1. The highest BCUT2D eigenvalue weighted by molar-refractivity contribution is 5.94. The van der Waals surface area contributed by atoms with E-state index in [0.717, 1.165) is 0 Å². The van der Waals surface area contributed by atoms with E-state index in [-0.39, 0.29) is 5.78 Å². The maximum Gasteiger partial charge on any atom is 0.399 e. The van der Waals surface area contributed by atoms with Crippen LogP contribution in [0.5, 0.6) is 0 Å². The number of hydrogen-bond acceptors (Lipinski definition) is 1. The molecule has 0 amide bonds. The van der Waals surface area contributed by atoms with Gasteiger partial charge in [-0.2, -0.15) is 13.2 Å². The molecule has 0 aliphatic heterocycles. The van der Waals surface area contributed by atoms with Crippen LogP contribution in [-0.2, 0) is 0 Å². The van der Waals surface area contributed by atoms with Gasteiger partial charge in [0, 0.05) is 11.1 Å². The van der Waals surface area contributed by atoms with Gasteiger partial charge in [0.25, 0.3) is 0 Å². The van der Waals surface area contributed by atoms with Crippen molar-refractivity contribution >= 4 is 5.78 Å². The van der Waals surface area contributed by atoms with Crippen molar-refractivity contribution in [2.45, 2.75) is 19.5 Å². The van der Waals surface area contributed by atoms with Crippen molar-refractivity contribution in [3.8, 4) is 11.8 Å². The summed E-state index contributed by atoms with van der Waals surface area (Å²) in [5.74, 6) is 4.33. The van der Waals surface area contributed by atoms with Crippen LogP contribution in [0.25, 0.3) is 0 Å². The highest BCUT2D eigenvalue weighted by Gasteiger charge is 2.25. The van der Waals surface area contributed by atoms with E-state index in [9.17, 15) is 18.0 Å². The Morgan fingerprint density at radius 2 is 1.81 bits per heavy atom. The summed E-state index contributed by atoms with van der Waals surface area (Å²) >= 11 is 0. The Kier molecular flexibility index (Phi) is 3.73. The molecular formula is C12H9F3O. The van der Waals surface area contributed by atoms with E-state index >= 15 is 0 Å². The molecule has 0 saturated carbocycles. The maximum absolute atomic E-state index is 11.8. The van der Waals surface area contributed by atoms with Gasteiger partial charge in [-0.15, -0.1) is 0 Å². The smallest absolute Gasteiger partial charge is 0.295 e. The Labute approximate surface area is 91.3 Å². The maximum atomic E-state index is 11.8. The number of Topliss-reactive ketones (excluding diaryl/α,β-unsaturated/α-hetero) is 1. The van der Waals surface area contributed by atoms with Gasteiger partial charge in [0.05, 0.1) is 0 Å². The van der Waals surface area contributed by atoms with E-state index < -0.39 is 12.6 Å². The highest BCUT2D eigenvalue weighted by Crippen LogP contribution is 2.18. The summed E-state index contributed by atoms with van der Waals surface area (Å²) in [6.45, 7) is 1.42. The van der Waals surface area contributed by atoms with E-state index in [4.69, 9.17) is 0 Å². The summed E-state index contributed by atoms with van der Waals surface area (Å²) in [6.07, 6.45) is -5.38. The van der Waals surface area contributed by atoms with Crippen molar-refractivity contribution in [3.05, 3.63) is 35.4 Å². The summed E-state index contributed by atoms with van der Waals surface area (Å²) in [7, 11) is 0. The highest BCUT2D eigenvalue weighted by atomic mass is 19.4. The Hall–Kier alpha value is -1.76. The van der Waals surface area contributed by atoms with Crippen LogP contribution in [0.2, 0.25) is 0 Å². The molecule has 1 aromatic carbocycles. The molecule has 84 valence electrons. The molecule has 1 aromatic rings. The molecule has 4 heteroatoms. The SMILES string of the molecule is CC(=O)c1ccc(C#CCC(F)(F)F)cc1. The van der Waals surface area contributed by atoms with E-state index in [1.54, 1.807) is 12.1 Å². The average Bonchev–Trinajstić information content (AvgIpc) is 2.16. The third-order valence-corrected chi connectivity index (χ3v) is 1.81. The van der Waals surface area contributed by atoms with Crippen molar-refractivity contribution in [2.75, 3.05) is 0 Å². The first-order valence-electron chi connectivity index (χ1n) is 4.55. The fourth-order valence-corrected chi connectivity index (χ4v) is 1.03. The molecule has 0 heterocycles. The average molecular weight is 226 g/mol. The fourth-order valence-electron chi connectivity index (χ4n) is 1.03. The normalized spacial score (nSPS) is 10.5. The quantitative estimate of drug-likeness (QED) is 0.531. The van der Waals surface area contributed by atoms with Crippen LogP contribution >= 0.6 is 0 Å². The second-order valence-corrected chi connectivity index (χ2v) is 3.23. The minimum absolute atomic E-state index is 0.0881. The number of hydrogen-bond donors (Lipinski definition) is 0. The van der Waals surface area contributed by atoms with Gasteiger partial charge in [0.2, 0.25) is 0 Å². The number of carbonyl (C=O) groups excluding carboxylic acids is 1. The summed E-state index contributed by atoms with van der Waals surface area (Å²) in [6, 6.07) is 6.14. The van der Waals surface area contributed by atoms with Gasteiger partial charge < -0.3 is 0 Å². The summed E-state index contributed by atoms with van der Waals surface area (Å²) < 4.78 is 35.3. The summed E-state index contributed by atoms with van der Waals surface area (Å²) in [4.78, 5) is 10.9. The fraction of sp³-hybridized carbons (Fsp3) is 0.250. The Morgan fingerprint density at radius 3 is 2.25 bits per heavy atom. The molecule has 0 fully saturated rings. The van der Waals surface area contributed by atoms with Gasteiger partial charge in [0.1, 0.15) is 6.42 Å². The van der Waals surface area contributed by atoms with Gasteiger partial charge in [0.15, 0.2) is 5.78 Å². The second-order valence-electron chi connectivity index (χ2n) is 3.23. The molecule has 0 aromatic heterocycles. The van der Waals surface area contributed by atoms with Crippen LogP contribution in [0.3, 0.4) is 0 Å². The molecule has 0 bridgehead atoms. The third-order valence-electron chi connectivity index (χ3n) is 1.81. The number of halogens is 3. The summed E-state index contributed by atoms with van der Waals surface area (Å²) in [5.41, 5.74) is 0.982. The van der Waals surface area contributed by atoms with Gasteiger partial charge >= 0.3 is 6.18 Å². The molecule has 0 unspecified atom stereocenters. The van der Waals surface area contributed by atoms with E-state index in [0.29, 0.717) is 11.1 Å². The van der Waals surface area contributed by atoms with Crippen LogP contribution in [0, 0.1) is 11.8 Å². The van der Waals surface area contributed by atoms with Crippen molar-refractivity contribution in [3.63, 3.8) is 0 Å². The molecule has 0 spiro atoms. The van der Waals surface area contributed by atoms with Crippen LogP contribution in [0.1, 0.15) is 29.3 Å². The first-order valence-corrected chi connectivity index (χ1v) is 4.55. The first kappa shape index (κ1) is 12.3. The zero-order chi connectivity index (χ0) is 12.2. The largest absolute Gasteiger partial charge is 0.399 e. The van der Waals surface area contributed by atoms with Gasteiger partial charge in [-0.25, -0.2) is 0 Å². The van der Waals surface area contributed by atoms with E-state index in [1.165, 1.54) is 19.1 Å². The standard InChI is InChI=1S/C12H9F3O/c1-9(16)11-6-4-10(5-7-11)3-2-8-12(13,14)15/h4-7H,8H2,1H3. The number of rotatable bonds is 1. The van der Waals surface area contributed by atoms with E-state index in [2.05, 4.69) is 5.92 Å². The molecule has 16 heavy (non-hydrogen) atoms. The van der Waals surface area contributed by atoms with Crippen molar-refractivity contribution in [1.82, 2.24) is 0 Å². The van der Waals surface area contributed by atoms with Gasteiger partial charge in [-0.3, -0.25) is 4.79 Å². The lowest BCUT2D eigenvalue weighted by atomic mass is 10.1. The molecule has 0 aliphatic carbocycles. The third kappa shape index (κ3) is 4.18. The first-order chi connectivity index (χ1) is 7.38. The van der Waals surface area contributed by atoms with Crippen LogP contribution in [0.4, 0.5) is 13.2 Å². The zero-order valence-corrected chi connectivity index (χ0v) is 8.56. The van der Waals surface area contributed by atoms with Crippen LogP contribution in [0.15, 0.2) is 24.3 Å². The second kappa shape index (κ2) is 4.84. The van der Waals surface area contributed by atoms with Crippen molar-refractivity contribution in [1.29, 1.82) is 0 Å². The monoisotopic (exact) mass is 226 g/mol.